The lowest BCUT2D eigenvalue weighted by atomic mass is 10.0. The smallest absolute Gasteiger partial charge is 0.363 e. The lowest BCUT2D eigenvalue weighted by Crippen LogP contribution is -2.40. The number of fused-ring (bicyclic) bond motifs is 1. The van der Waals surface area contributed by atoms with Crippen molar-refractivity contribution in [1.82, 2.24) is 19.3 Å². The summed E-state index contributed by atoms with van der Waals surface area (Å²) in [5, 5.41) is 3.00. The van der Waals surface area contributed by atoms with Gasteiger partial charge in [0.05, 0.1) is 30.9 Å². The van der Waals surface area contributed by atoms with Crippen molar-refractivity contribution in [2.24, 2.45) is 0 Å². The Balaban J connectivity index is 1.74. The lowest BCUT2D eigenvalue weighted by Gasteiger charge is -2.30. The third-order valence-corrected chi connectivity index (χ3v) is 10.2. The number of sulfonamides is 1. The van der Waals surface area contributed by atoms with E-state index in [1.165, 1.54) is 23.5 Å². The van der Waals surface area contributed by atoms with Crippen LogP contribution in [0.15, 0.2) is 30.5 Å². The molecule has 0 spiro atoms. The number of alkyl halides is 3. The third-order valence-electron chi connectivity index (χ3n) is 6.00. The summed E-state index contributed by atoms with van der Waals surface area (Å²) in [6, 6.07) is 2.11. The van der Waals surface area contributed by atoms with Crippen molar-refractivity contribution in [2.45, 2.75) is 26.0 Å². The second kappa shape index (κ2) is 9.35. The van der Waals surface area contributed by atoms with Gasteiger partial charge < -0.3 is 9.88 Å². The highest BCUT2D eigenvalue weighted by Crippen LogP contribution is 2.46. The van der Waals surface area contributed by atoms with Crippen molar-refractivity contribution >= 4 is 39.3 Å². The van der Waals surface area contributed by atoms with E-state index in [1.807, 2.05) is 0 Å². The van der Waals surface area contributed by atoms with Gasteiger partial charge in [-0.2, -0.15) is 13.2 Å². The fraction of sp³-hybridized carbons (Fsp3) is 0.409. The molecule has 0 amide bonds. The average Bonchev–Trinajstić information content (AvgIpc) is 2.77. The van der Waals surface area contributed by atoms with Crippen molar-refractivity contribution in [3.8, 4) is 0 Å². The SMILES string of the molecule is [2H]C(C)(Nc1nc(C)nc2cnc(P3(=O)CCN(S(C)(=O)=O)CC3)cc12)c1cccc(C(F)(F)F)c1F. The van der Waals surface area contributed by atoms with Gasteiger partial charge in [-0.1, -0.05) is 12.1 Å². The number of benzene rings is 1. The van der Waals surface area contributed by atoms with Gasteiger partial charge in [0.25, 0.3) is 0 Å². The number of rotatable bonds is 5. The van der Waals surface area contributed by atoms with Gasteiger partial charge in [0.2, 0.25) is 10.0 Å². The molecule has 1 atom stereocenters. The van der Waals surface area contributed by atoms with E-state index in [9.17, 15) is 30.5 Å². The van der Waals surface area contributed by atoms with Crippen LogP contribution in [0.3, 0.4) is 0 Å². The first-order valence-corrected chi connectivity index (χ1v) is 14.8. The molecule has 14 heteroatoms. The molecule has 3 heterocycles. The molecule has 1 aliphatic rings. The number of aromatic nitrogens is 3. The average molecular weight is 547 g/mol. The summed E-state index contributed by atoms with van der Waals surface area (Å²) in [7, 11) is -6.51. The molecule has 1 aliphatic heterocycles. The van der Waals surface area contributed by atoms with Crippen molar-refractivity contribution in [3.63, 3.8) is 0 Å². The summed E-state index contributed by atoms with van der Waals surface area (Å²) >= 11 is 0. The number of hydrogen-bond acceptors (Lipinski definition) is 7. The number of nitrogens with one attached hydrogen (secondary N) is 1. The van der Waals surface area contributed by atoms with E-state index in [0.29, 0.717) is 17.0 Å². The Morgan fingerprint density at radius 2 is 1.89 bits per heavy atom. The first-order chi connectivity index (χ1) is 17.0. The van der Waals surface area contributed by atoms with Gasteiger partial charge in [-0.05, 0) is 26.0 Å². The van der Waals surface area contributed by atoms with Crippen LogP contribution in [-0.2, 0) is 20.8 Å². The van der Waals surface area contributed by atoms with Crippen LogP contribution in [0.5, 0.6) is 0 Å². The van der Waals surface area contributed by atoms with Gasteiger partial charge in [0, 0.05) is 36.4 Å². The Labute approximate surface area is 207 Å². The van der Waals surface area contributed by atoms with Crippen LogP contribution in [0.2, 0.25) is 0 Å². The maximum Gasteiger partial charge on any atom is 0.419 e. The van der Waals surface area contributed by atoms with Crippen LogP contribution < -0.4 is 10.8 Å². The molecular formula is C22H24F4N5O3PS. The molecular weight excluding hydrogens is 521 g/mol. The van der Waals surface area contributed by atoms with Crippen molar-refractivity contribution < 1.29 is 31.9 Å². The van der Waals surface area contributed by atoms with Crippen molar-refractivity contribution in [2.75, 3.05) is 37.0 Å². The summed E-state index contributed by atoms with van der Waals surface area (Å²) in [6.45, 7) is 2.91. The van der Waals surface area contributed by atoms with Crippen LogP contribution in [0.4, 0.5) is 23.4 Å². The molecule has 0 aliphatic carbocycles. The second-order valence-corrected chi connectivity index (χ2v) is 13.7. The minimum Gasteiger partial charge on any atom is -0.363 e. The fourth-order valence-electron chi connectivity index (χ4n) is 4.07. The predicted octanol–water partition coefficient (Wildman–Crippen LogP) is 3.93. The highest BCUT2D eigenvalue weighted by atomic mass is 32.2. The topological polar surface area (TPSA) is 105 Å². The number of nitrogens with zero attached hydrogens (tertiary/aromatic N) is 4. The Morgan fingerprint density at radius 3 is 2.50 bits per heavy atom. The Kier molecular flexibility index (Phi) is 6.50. The summed E-state index contributed by atoms with van der Waals surface area (Å²) in [5.74, 6) is -1.28. The zero-order valence-corrected chi connectivity index (χ0v) is 21.3. The van der Waals surface area contributed by atoms with E-state index >= 15 is 0 Å². The summed E-state index contributed by atoms with van der Waals surface area (Å²) in [6.07, 6.45) is -2.31. The largest absolute Gasteiger partial charge is 0.419 e. The number of aryl methyl sites for hydroxylation is 1. The van der Waals surface area contributed by atoms with E-state index in [4.69, 9.17) is 1.37 Å². The molecule has 1 saturated heterocycles. The molecule has 8 nitrogen and oxygen atoms in total. The molecule has 0 radical (unpaired) electrons. The molecule has 3 aromatic rings. The lowest BCUT2D eigenvalue weighted by molar-refractivity contribution is -0.140. The van der Waals surface area contributed by atoms with Gasteiger partial charge in [-0.15, -0.1) is 0 Å². The first-order valence-electron chi connectivity index (χ1n) is 11.3. The second-order valence-electron chi connectivity index (χ2n) is 8.59. The quantitative estimate of drug-likeness (QED) is 0.382. The standard InChI is InChI=1S/C22H24F4N5O3PS/c1-13(15-5-4-6-17(20(15)23)22(24,25)26)28-21-16-11-19(27-12-18(16)29-14(2)30-21)35(32)9-7-31(8-10-35)36(3,33)34/h4-6,11-13H,7-10H2,1-3H3,(H,28,29,30)/i13D. The van der Waals surface area contributed by atoms with E-state index < -0.39 is 46.3 Å². The van der Waals surface area contributed by atoms with Crippen LogP contribution in [0.25, 0.3) is 10.9 Å². The van der Waals surface area contributed by atoms with Crippen LogP contribution in [0.1, 0.15) is 31.3 Å². The van der Waals surface area contributed by atoms with E-state index in [1.54, 1.807) is 6.92 Å². The molecule has 1 unspecified atom stereocenters. The van der Waals surface area contributed by atoms with Gasteiger partial charge in [0.15, 0.2) is 0 Å². The molecule has 36 heavy (non-hydrogen) atoms. The molecule has 1 aromatic carbocycles. The van der Waals surface area contributed by atoms with Crippen LogP contribution in [-0.4, -0.2) is 59.3 Å². The number of pyridine rings is 1. The zero-order valence-electron chi connectivity index (χ0n) is 20.6. The minimum absolute atomic E-state index is 0.0295. The van der Waals surface area contributed by atoms with E-state index in [0.717, 1.165) is 18.4 Å². The van der Waals surface area contributed by atoms with Gasteiger partial charge in [-0.3, -0.25) is 4.98 Å². The molecule has 4 rings (SSSR count). The van der Waals surface area contributed by atoms with E-state index in [-0.39, 0.29) is 42.5 Å². The zero-order chi connectivity index (χ0) is 27.4. The number of hydrogen-bond donors (Lipinski definition) is 1. The summed E-state index contributed by atoms with van der Waals surface area (Å²) < 4.78 is 102. The first kappa shape index (κ1) is 25.0. The third kappa shape index (κ3) is 5.23. The Bertz CT molecular complexity index is 1520. The maximum absolute atomic E-state index is 14.8. The normalized spacial score (nSPS) is 19.0. The van der Waals surface area contributed by atoms with Crippen LogP contribution in [0, 0.1) is 12.7 Å². The van der Waals surface area contributed by atoms with Gasteiger partial charge >= 0.3 is 6.18 Å². The molecule has 0 bridgehead atoms. The van der Waals surface area contributed by atoms with Crippen molar-refractivity contribution in [1.29, 1.82) is 0 Å². The predicted molar refractivity (Wildman–Crippen MR) is 129 cm³/mol. The summed E-state index contributed by atoms with van der Waals surface area (Å²) in [5.41, 5.74) is -1.48. The fourth-order valence-corrected chi connectivity index (χ4v) is 7.63. The van der Waals surface area contributed by atoms with Crippen molar-refractivity contribution in [3.05, 3.63) is 53.2 Å². The Morgan fingerprint density at radius 1 is 1.22 bits per heavy atom. The van der Waals surface area contributed by atoms with Gasteiger partial charge in [0.1, 0.15) is 30.0 Å². The number of halogens is 4. The van der Waals surface area contributed by atoms with Crippen LogP contribution >= 0.6 is 7.14 Å². The molecule has 0 saturated carbocycles. The highest BCUT2D eigenvalue weighted by Gasteiger charge is 2.36. The molecule has 194 valence electrons. The monoisotopic (exact) mass is 546 g/mol. The maximum atomic E-state index is 14.8. The van der Waals surface area contributed by atoms with E-state index in [2.05, 4.69) is 20.3 Å². The molecule has 1 fully saturated rings. The number of anilines is 1. The van der Waals surface area contributed by atoms with Gasteiger partial charge in [-0.25, -0.2) is 27.1 Å². The molecule has 1 N–H and O–H groups in total. The Hall–Kier alpha value is -2.63. The molecule has 2 aromatic heterocycles. The minimum atomic E-state index is -4.94. The highest BCUT2D eigenvalue weighted by molar-refractivity contribution is 7.88. The summed E-state index contributed by atoms with van der Waals surface area (Å²) in [4.78, 5) is 12.9.